The van der Waals surface area contributed by atoms with Crippen molar-refractivity contribution < 1.29 is 9.59 Å². The maximum Gasteiger partial charge on any atom is 0.325 e. The zero-order valence-corrected chi connectivity index (χ0v) is 12.7. The fourth-order valence-electron chi connectivity index (χ4n) is 2.50. The molecule has 1 aliphatic rings. The highest BCUT2D eigenvalue weighted by molar-refractivity contribution is 6.04. The van der Waals surface area contributed by atoms with Gasteiger partial charge in [0, 0.05) is 6.54 Å². The lowest BCUT2D eigenvalue weighted by Crippen LogP contribution is -2.41. The smallest absolute Gasteiger partial charge is 0.325 e. The van der Waals surface area contributed by atoms with Crippen LogP contribution in [0.4, 0.5) is 4.79 Å². The summed E-state index contributed by atoms with van der Waals surface area (Å²) in [6.07, 6.45) is 1.58. The topological polar surface area (TPSA) is 52.7 Å². The van der Waals surface area contributed by atoms with E-state index in [9.17, 15) is 9.59 Å². The molecule has 0 aliphatic carbocycles. The van der Waals surface area contributed by atoms with Crippen molar-refractivity contribution in [3.05, 3.63) is 35.9 Å². The van der Waals surface area contributed by atoms with E-state index in [4.69, 9.17) is 0 Å². The molecule has 0 spiro atoms. The number of carbonyl (C=O) groups is 2. The molecule has 0 unspecified atom stereocenters. The molecule has 1 aliphatic heterocycles. The van der Waals surface area contributed by atoms with Gasteiger partial charge in [0.15, 0.2) is 0 Å². The van der Waals surface area contributed by atoms with E-state index in [1.54, 1.807) is 0 Å². The Kier molecular flexibility index (Phi) is 5.33. The first-order chi connectivity index (χ1) is 10.2. The van der Waals surface area contributed by atoms with Crippen LogP contribution in [0, 0.1) is 0 Å². The molecule has 1 saturated heterocycles. The molecule has 1 heterocycles. The summed E-state index contributed by atoms with van der Waals surface area (Å²) < 4.78 is 0. The summed E-state index contributed by atoms with van der Waals surface area (Å²) in [4.78, 5) is 27.6. The Bertz CT molecular complexity index is 490. The van der Waals surface area contributed by atoms with Crippen molar-refractivity contribution in [1.29, 1.82) is 0 Å². The number of benzene rings is 1. The summed E-state index contributed by atoms with van der Waals surface area (Å²) in [6.45, 7) is 5.90. The highest BCUT2D eigenvalue weighted by atomic mass is 16.2. The number of nitrogens with one attached hydrogen (secondary N) is 1. The van der Waals surface area contributed by atoms with Gasteiger partial charge in [0.1, 0.15) is 6.04 Å². The Morgan fingerprint density at radius 2 is 1.90 bits per heavy atom. The normalized spacial score (nSPS) is 18.4. The summed E-state index contributed by atoms with van der Waals surface area (Å²) in [5, 5.41) is 2.76. The molecule has 0 saturated carbocycles. The molecule has 2 rings (SSSR count). The van der Waals surface area contributed by atoms with Gasteiger partial charge in [-0.3, -0.25) is 9.69 Å². The van der Waals surface area contributed by atoms with Gasteiger partial charge in [0.2, 0.25) is 0 Å². The number of nitrogens with zero attached hydrogens (tertiary/aromatic N) is 2. The van der Waals surface area contributed by atoms with Crippen molar-refractivity contribution in [2.24, 2.45) is 0 Å². The maximum atomic E-state index is 12.2. The fraction of sp³-hybridized carbons (Fsp3) is 0.500. The molecule has 1 aromatic carbocycles. The number of urea groups is 1. The number of hydrogen-bond acceptors (Lipinski definition) is 3. The summed E-state index contributed by atoms with van der Waals surface area (Å²) in [5.41, 5.74) is 1.18. The molecular weight excluding hydrogens is 266 g/mol. The van der Waals surface area contributed by atoms with Crippen molar-refractivity contribution in [3.8, 4) is 0 Å². The van der Waals surface area contributed by atoms with Crippen LogP contribution >= 0.6 is 0 Å². The minimum absolute atomic E-state index is 0.103. The summed E-state index contributed by atoms with van der Waals surface area (Å²) >= 11 is 0. The Labute approximate surface area is 125 Å². The average molecular weight is 289 g/mol. The highest BCUT2D eigenvalue weighted by Gasteiger charge is 2.37. The zero-order valence-electron chi connectivity index (χ0n) is 12.7. The van der Waals surface area contributed by atoms with E-state index in [2.05, 4.69) is 22.3 Å². The standard InChI is InChI=1S/C16H23N3O2/c1-3-8-14-15(20)19(16(21)17-14)12-18(4-2)11-13-9-6-5-7-10-13/h5-7,9-10,14H,3-4,8,11-12H2,1-2H3,(H,17,21)/t14-/m1/s1. The minimum Gasteiger partial charge on any atom is -0.326 e. The molecule has 1 fully saturated rings. The third kappa shape index (κ3) is 3.82. The number of amides is 3. The van der Waals surface area contributed by atoms with Crippen LogP contribution in [-0.4, -0.2) is 41.0 Å². The number of rotatable bonds is 7. The second-order valence-electron chi connectivity index (χ2n) is 5.33. The summed E-state index contributed by atoms with van der Waals surface area (Å²) in [5.74, 6) is -0.103. The molecule has 21 heavy (non-hydrogen) atoms. The third-order valence-corrected chi connectivity index (χ3v) is 3.72. The van der Waals surface area contributed by atoms with Crippen LogP contribution in [0.3, 0.4) is 0 Å². The van der Waals surface area contributed by atoms with Gasteiger partial charge in [-0.05, 0) is 18.5 Å². The molecule has 0 radical (unpaired) electrons. The Morgan fingerprint density at radius 1 is 1.19 bits per heavy atom. The summed E-state index contributed by atoms with van der Waals surface area (Å²) in [6, 6.07) is 9.44. The molecule has 1 aromatic rings. The van der Waals surface area contributed by atoms with Gasteiger partial charge in [-0.25, -0.2) is 9.69 Å². The molecule has 5 heteroatoms. The average Bonchev–Trinajstić information content (AvgIpc) is 2.75. The third-order valence-electron chi connectivity index (χ3n) is 3.72. The lowest BCUT2D eigenvalue weighted by Gasteiger charge is -2.25. The van der Waals surface area contributed by atoms with Gasteiger partial charge in [-0.2, -0.15) is 0 Å². The van der Waals surface area contributed by atoms with Crippen LogP contribution in [-0.2, 0) is 11.3 Å². The lowest BCUT2D eigenvalue weighted by atomic mass is 10.2. The molecule has 0 bridgehead atoms. The van der Waals surface area contributed by atoms with Crippen LogP contribution < -0.4 is 5.32 Å². The summed E-state index contributed by atoms with van der Waals surface area (Å²) in [7, 11) is 0. The van der Waals surface area contributed by atoms with E-state index in [1.165, 1.54) is 10.5 Å². The molecule has 5 nitrogen and oxygen atoms in total. The second kappa shape index (κ2) is 7.22. The molecule has 0 aromatic heterocycles. The predicted molar refractivity (Wildman–Crippen MR) is 81.5 cm³/mol. The van der Waals surface area contributed by atoms with E-state index in [0.717, 1.165) is 19.5 Å². The van der Waals surface area contributed by atoms with E-state index in [-0.39, 0.29) is 18.0 Å². The van der Waals surface area contributed by atoms with E-state index >= 15 is 0 Å². The van der Waals surface area contributed by atoms with E-state index in [1.807, 2.05) is 32.0 Å². The van der Waals surface area contributed by atoms with Gasteiger partial charge in [-0.15, -0.1) is 0 Å². The van der Waals surface area contributed by atoms with Crippen LogP contribution in [0.1, 0.15) is 32.3 Å². The largest absolute Gasteiger partial charge is 0.326 e. The number of hydrogen-bond donors (Lipinski definition) is 1. The van der Waals surface area contributed by atoms with Gasteiger partial charge in [0.05, 0.1) is 6.67 Å². The first kappa shape index (κ1) is 15.5. The molecule has 1 atom stereocenters. The van der Waals surface area contributed by atoms with Crippen molar-refractivity contribution in [2.45, 2.75) is 39.3 Å². The second-order valence-corrected chi connectivity index (χ2v) is 5.33. The number of carbonyl (C=O) groups excluding carboxylic acids is 2. The lowest BCUT2D eigenvalue weighted by molar-refractivity contribution is -0.129. The van der Waals surface area contributed by atoms with Crippen molar-refractivity contribution in [3.63, 3.8) is 0 Å². The Balaban J connectivity index is 1.98. The van der Waals surface area contributed by atoms with E-state index in [0.29, 0.717) is 13.1 Å². The van der Waals surface area contributed by atoms with Crippen molar-refractivity contribution in [2.75, 3.05) is 13.2 Å². The maximum absolute atomic E-state index is 12.2. The first-order valence-corrected chi connectivity index (χ1v) is 7.53. The minimum atomic E-state index is -0.349. The van der Waals surface area contributed by atoms with Crippen LogP contribution in [0.2, 0.25) is 0 Å². The van der Waals surface area contributed by atoms with Crippen LogP contribution in [0.5, 0.6) is 0 Å². The van der Waals surface area contributed by atoms with Crippen molar-refractivity contribution >= 4 is 11.9 Å². The predicted octanol–water partition coefficient (Wildman–Crippen LogP) is 2.19. The molecule has 114 valence electrons. The SMILES string of the molecule is CCC[C@H]1NC(=O)N(CN(CC)Cc2ccccc2)C1=O. The fourth-order valence-corrected chi connectivity index (χ4v) is 2.50. The number of imide groups is 1. The monoisotopic (exact) mass is 289 g/mol. The van der Waals surface area contributed by atoms with Crippen molar-refractivity contribution in [1.82, 2.24) is 15.1 Å². The van der Waals surface area contributed by atoms with Gasteiger partial charge in [0.25, 0.3) is 5.91 Å². The van der Waals surface area contributed by atoms with Gasteiger partial charge in [-0.1, -0.05) is 50.6 Å². The van der Waals surface area contributed by atoms with E-state index < -0.39 is 0 Å². The van der Waals surface area contributed by atoms with Crippen LogP contribution in [0.15, 0.2) is 30.3 Å². The quantitative estimate of drug-likeness (QED) is 0.783. The van der Waals surface area contributed by atoms with Gasteiger partial charge < -0.3 is 5.32 Å². The van der Waals surface area contributed by atoms with Gasteiger partial charge >= 0.3 is 6.03 Å². The Hall–Kier alpha value is -1.88. The molecule has 3 amide bonds. The molecule has 1 N–H and O–H groups in total. The highest BCUT2D eigenvalue weighted by Crippen LogP contribution is 2.13. The first-order valence-electron chi connectivity index (χ1n) is 7.53. The zero-order chi connectivity index (χ0) is 15.2. The van der Waals surface area contributed by atoms with Crippen LogP contribution in [0.25, 0.3) is 0 Å². The Morgan fingerprint density at radius 3 is 2.52 bits per heavy atom. The molecular formula is C16H23N3O2.